The first-order valence-corrected chi connectivity index (χ1v) is 11.4. The predicted molar refractivity (Wildman–Crippen MR) is 137 cm³/mol. The number of carbonyl (C=O) groups excluding carboxylic acids is 1. The first-order valence-electron chi connectivity index (χ1n) is 11.4. The van der Waals surface area contributed by atoms with Gasteiger partial charge in [0.2, 0.25) is 5.95 Å². The number of hydrogen-bond acceptors (Lipinski definition) is 4. The van der Waals surface area contributed by atoms with Crippen molar-refractivity contribution in [3.05, 3.63) is 132 Å². The van der Waals surface area contributed by atoms with Crippen molar-refractivity contribution in [2.24, 2.45) is 0 Å². The van der Waals surface area contributed by atoms with Crippen LogP contribution in [0.25, 0.3) is 27.8 Å². The van der Waals surface area contributed by atoms with Crippen LogP contribution >= 0.6 is 0 Å². The topological polar surface area (TPSA) is 57.0 Å². The molecule has 0 saturated heterocycles. The summed E-state index contributed by atoms with van der Waals surface area (Å²) in [7, 11) is 0. The maximum atomic E-state index is 13.7. The van der Waals surface area contributed by atoms with Crippen molar-refractivity contribution in [2.75, 3.05) is 0 Å². The van der Waals surface area contributed by atoms with Crippen LogP contribution in [-0.4, -0.2) is 20.3 Å². The van der Waals surface area contributed by atoms with Crippen LogP contribution in [0.2, 0.25) is 0 Å². The van der Waals surface area contributed by atoms with E-state index in [1.807, 2.05) is 95.6 Å². The Labute approximate surface area is 202 Å². The molecule has 0 radical (unpaired) electrons. The first kappa shape index (κ1) is 20.8. The van der Waals surface area contributed by atoms with Gasteiger partial charge in [-0.1, -0.05) is 60.7 Å². The Kier molecular flexibility index (Phi) is 5.28. The summed E-state index contributed by atoms with van der Waals surface area (Å²) in [5.41, 5.74) is 4.04. The minimum absolute atomic E-state index is 0.0646. The van der Waals surface area contributed by atoms with Gasteiger partial charge in [0.1, 0.15) is 12.4 Å². The SMILES string of the molecule is O=C(c1ccc(OCc2ccccc2)cc1)c1cccc2c3ccccc3n(-c3ncccn3)c12. The van der Waals surface area contributed by atoms with Crippen LogP contribution in [0.5, 0.6) is 5.75 Å². The van der Waals surface area contributed by atoms with E-state index in [1.165, 1.54) is 0 Å². The summed E-state index contributed by atoms with van der Waals surface area (Å²) in [6.45, 7) is 0.477. The molecule has 35 heavy (non-hydrogen) atoms. The zero-order valence-corrected chi connectivity index (χ0v) is 18.8. The van der Waals surface area contributed by atoms with E-state index in [4.69, 9.17) is 4.74 Å². The minimum Gasteiger partial charge on any atom is -0.489 e. The van der Waals surface area contributed by atoms with Crippen molar-refractivity contribution in [3.8, 4) is 11.7 Å². The van der Waals surface area contributed by atoms with E-state index in [1.54, 1.807) is 18.5 Å². The zero-order valence-electron chi connectivity index (χ0n) is 18.8. The van der Waals surface area contributed by atoms with Crippen molar-refractivity contribution in [3.63, 3.8) is 0 Å². The van der Waals surface area contributed by atoms with E-state index in [0.717, 1.165) is 33.1 Å². The van der Waals surface area contributed by atoms with Crippen LogP contribution in [0.3, 0.4) is 0 Å². The number of ether oxygens (including phenoxy) is 1. The van der Waals surface area contributed by atoms with E-state index in [-0.39, 0.29) is 5.78 Å². The number of benzene rings is 4. The second kappa shape index (κ2) is 8.88. The number of nitrogens with zero attached hydrogens (tertiary/aromatic N) is 3. The van der Waals surface area contributed by atoms with Crippen molar-refractivity contribution in [1.82, 2.24) is 14.5 Å². The van der Waals surface area contributed by atoms with E-state index in [9.17, 15) is 4.79 Å². The summed E-state index contributed by atoms with van der Waals surface area (Å²) >= 11 is 0. The number of carbonyl (C=O) groups is 1. The molecule has 0 aliphatic heterocycles. The third-order valence-corrected chi connectivity index (χ3v) is 6.06. The molecule has 0 spiro atoms. The van der Waals surface area contributed by atoms with Gasteiger partial charge < -0.3 is 4.74 Å². The fourth-order valence-corrected chi connectivity index (χ4v) is 4.42. The Morgan fingerprint density at radius 3 is 2.23 bits per heavy atom. The quantitative estimate of drug-likeness (QED) is 0.273. The molecular formula is C30H21N3O2. The zero-order chi connectivity index (χ0) is 23.6. The number of fused-ring (bicyclic) bond motifs is 3. The van der Waals surface area contributed by atoms with Crippen LogP contribution in [0.4, 0.5) is 0 Å². The lowest BCUT2D eigenvalue weighted by molar-refractivity contribution is 0.104. The lowest BCUT2D eigenvalue weighted by Gasteiger charge is -2.10. The third-order valence-electron chi connectivity index (χ3n) is 6.06. The van der Waals surface area contributed by atoms with Gasteiger partial charge in [-0.05, 0) is 48.0 Å². The molecule has 0 aliphatic rings. The van der Waals surface area contributed by atoms with Crippen molar-refractivity contribution >= 4 is 27.6 Å². The highest BCUT2D eigenvalue weighted by atomic mass is 16.5. The lowest BCUT2D eigenvalue weighted by Crippen LogP contribution is -2.07. The van der Waals surface area contributed by atoms with Crippen molar-refractivity contribution < 1.29 is 9.53 Å². The molecule has 168 valence electrons. The van der Waals surface area contributed by atoms with Crippen molar-refractivity contribution in [2.45, 2.75) is 6.61 Å². The van der Waals surface area contributed by atoms with Gasteiger partial charge in [-0.3, -0.25) is 9.36 Å². The van der Waals surface area contributed by atoms with E-state index in [0.29, 0.717) is 23.7 Å². The molecule has 5 heteroatoms. The lowest BCUT2D eigenvalue weighted by atomic mass is 10.0. The largest absolute Gasteiger partial charge is 0.489 e. The van der Waals surface area contributed by atoms with Gasteiger partial charge in [-0.2, -0.15) is 0 Å². The van der Waals surface area contributed by atoms with Gasteiger partial charge in [-0.15, -0.1) is 0 Å². The molecule has 0 bridgehead atoms. The van der Waals surface area contributed by atoms with Gasteiger partial charge in [0.15, 0.2) is 5.78 Å². The van der Waals surface area contributed by atoms with Crippen LogP contribution < -0.4 is 4.74 Å². The van der Waals surface area contributed by atoms with Gasteiger partial charge in [-0.25, -0.2) is 9.97 Å². The molecule has 2 aromatic heterocycles. The Balaban J connectivity index is 1.40. The smallest absolute Gasteiger partial charge is 0.234 e. The van der Waals surface area contributed by atoms with Gasteiger partial charge in [0.05, 0.1) is 11.0 Å². The monoisotopic (exact) mass is 455 g/mol. The average Bonchev–Trinajstić information content (AvgIpc) is 3.27. The molecule has 6 rings (SSSR count). The fourth-order valence-electron chi connectivity index (χ4n) is 4.42. The maximum absolute atomic E-state index is 13.7. The maximum Gasteiger partial charge on any atom is 0.234 e. The number of ketones is 1. The summed E-state index contributed by atoms with van der Waals surface area (Å²) in [6.07, 6.45) is 3.42. The second-order valence-corrected chi connectivity index (χ2v) is 8.23. The third kappa shape index (κ3) is 3.83. The van der Waals surface area contributed by atoms with Gasteiger partial charge >= 0.3 is 0 Å². The molecule has 2 heterocycles. The summed E-state index contributed by atoms with van der Waals surface area (Å²) in [6, 6.07) is 33.0. The second-order valence-electron chi connectivity index (χ2n) is 8.23. The molecule has 5 nitrogen and oxygen atoms in total. The highest BCUT2D eigenvalue weighted by Crippen LogP contribution is 2.34. The number of aromatic nitrogens is 3. The standard InChI is InChI=1S/C30H21N3O2/c34-29(22-14-16-23(17-15-22)35-20-21-8-2-1-3-9-21)26-12-6-11-25-24-10-4-5-13-27(24)33(28(25)26)30-31-18-7-19-32-30/h1-19H,20H2. The van der Waals surface area contributed by atoms with Crippen LogP contribution in [-0.2, 0) is 6.61 Å². The van der Waals surface area contributed by atoms with Crippen molar-refractivity contribution in [1.29, 1.82) is 0 Å². The average molecular weight is 456 g/mol. The molecule has 0 fully saturated rings. The highest BCUT2D eigenvalue weighted by Gasteiger charge is 2.20. The minimum atomic E-state index is -0.0646. The highest BCUT2D eigenvalue weighted by molar-refractivity contribution is 6.21. The van der Waals surface area contributed by atoms with E-state index < -0.39 is 0 Å². The molecule has 0 unspecified atom stereocenters. The number of rotatable bonds is 6. The van der Waals surface area contributed by atoms with Gasteiger partial charge in [0.25, 0.3) is 0 Å². The molecule has 4 aromatic carbocycles. The predicted octanol–water partition coefficient (Wildman–Crippen LogP) is 6.38. The molecule has 0 amide bonds. The number of para-hydroxylation sites is 2. The van der Waals surface area contributed by atoms with Crippen LogP contribution in [0.15, 0.2) is 116 Å². The fraction of sp³-hybridized carbons (Fsp3) is 0.0333. The summed E-state index contributed by atoms with van der Waals surface area (Å²) in [5.74, 6) is 1.18. The molecule has 0 saturated carbocycles. The molecule has 0 aliphatic carbocycles. The number of hydrogen-bond donors (Lipinski definition) is 0. The Bertz CT molecular complexity index is 1640. The Hall–Kier alpha value is -4.77. The van der Waals surface area contributed by atoms with Crippen LogP contribution in [0, 0.1) is 0 Å². The van der Waals surface area contributed by atoms with E-state index >= 15 is 0 Å². The first-order chi connectivity index (χ1) is 17.3. The van der Waals surface area contributed by atoms with Crippen LogP contribution in [0.1, 0.15) is 21.5 Å². The van der Waals surface area contributed by atoms with E-state index in [2.05, 4.69) is 16.0 Å². The summed E-state index contributed by atoms with van der Waals surface area (Å²) in [5, 5.41) is 2.04. The Morgan fingerprint density at radius 1 is 0.714 bits per heavy atom. The molecule has 0 N–H and O–H groups in total. The Morgan fingerprint density at radius 2 is 1.43 bits per heavy atom. The molecular weight excluding hydrogens is 434 g/mol. The summed E-state index contributed by atoms with van der Waals surface area (Å²) in [4.78, 5) is 22.7. The molecule has 6 aromatic rings. The molecule has 0 atom stereocenters. The van der Waals surface area contributed by atoms with Gasteiger partial charge in [0, 0.05) is 34.3 Å². The normalized spacial score (nSPS) is 11.1. The summed E-state index contributed by atoms with van der Waals surface area (Å²) < 4.78 is 7.86.